The van der Waals surface area contributed by atoms with Crippen LogP contribution in [-0.4, -0.2) is 27.8 Å². The maximum Gasteiger partial charge on any atom is 0.305 e. The molecule has 0 spiro atoms. The van der Waals surface area contributed by atoms with Crippen LogP contribution in [0.1, 0.15) is 19.8 Å². The summed E-state index contributed by atoms with van der Waals surface area (Å²) in [7, 11) is 0. The Kier molecular flexibility index (Phi) is 5.27. The van der Waals surface area contributed by atoms with Gasteiger partial charge in [0.15, 0.2) is 0 Å². The van der Waals surface area contributed by atoms with Gasteiger partial charge in [-0.25, -0.2) is 0 Å². The highest BCUT2D eigenvalue weighted by atomic mass is 32.1. The molecule has 0 aliphatic carbocycles. The van der Waals surface area contributed by atoms with Crippen LogP contribution in [0.5, 0.6) is 0 Å². The summed E-state index contributed by atoms with van der Waals surface area (Å²) in [6.45, 7) is 1.79. The second-order valence-electron chi connectivity index (χ2n) is 2.20. The minimum absolute atomic E-state index is 0.0971. The lowest BCUT2D eigenvalue weighted by Gasteiger charge is -2.14. The number of aliphatic hydroxyl groups excluding tert-OH is 1. The van der Waals surface area contributed by atoms with Gasteiger partial charge in [0.25, 0.3) is 0 Å². The van der Waals surface area contributed by atoms with Crippen LogP contribution >= 0.6 is 12.6 Å². The third kappa shape index (κ3) is 6.15. The molecule has 0 aliphatic heterocycles. The van der Waals surface area contributed by atoms with Crippen LogP contribution in [0.25, 0.3) is 0 Å². The monoisotopic (exact) mass is 179 g/mol. The van der Waals surface area contributed by atoms with Crippen LogP contribution in [0.2, 0.25) is 0 Å². The summed E-state index contributed by atoms with van der Waals surface area (Å²) in [5.74, 6) is -0.930. The predicted molar refractivity (Wildman–Crippen MR) is 44.5 cm³/mol. The number of aliphatic carboxylic acids is 1. The summed E-state index contributed by atoms with van der Waals surface area (Å²) >= 11 is 3.91. The molecule has 4 nitrogen and oxygen atoms in total. The Morgan fingerprint density at radius 2 is 2.27 bits per heavy atom. The lowest BCUT2D eigenvalue weighted by atomic mass is 10.4. The summed E-state index contributed by atoms with van der Waals surface area (Å²) < 4.78 is 0. The maximum absolute atomic E-state index is 10.1. The van der Waals surface area contributed by atoms with Gasteiger partial charge in [-0.05, 0) is 6.42 Å². The van der Waals surface area contributed by atoms with E-state index >= 15 is 0 Å². The van der Waals surface area contributed by atoms with Gasteiger partial charge in [0.1, 0.15) is 6.23 Å². The first-order valence-electron chi connectivity index (χ1n) is 3.40. The molecule has 0 aromatic carbocycles. The van der Waals surface area contributed by atoms with Gasteiger partial charge in [0.2, 0.25) is 0 Å². The fraction of sp³-hybridized carbons (Fsp3) is 0.833. The molecule has 2 atom stereocenters. The van der Waals surface area contributed by atoms with Crippen molar-refractivity contribution in [3.8, 4) is 0 Å². The van der Waals surface area contributed by atoms with E-state index in [1.165, 1.54) is 0 Å². The molecule has 0 aromatic rings. The summed E-state index contributed by atoms with van der Waals surface area (Å²) in [5.41, 5.74) is 0. The highest BCUT2D eigenvalue weighted by Gasteiger charge is 2.10. The summed E-state index contributed by atoms with van der Waals surface area (Å²) in [6.07, 6.45) is -0.228. The van der Waals surface area contributed by atoms with Crippen LogP contribution in [-0.2, 0) is 4.79 Å². The van der Waals surface area contributed by atoms with Crippen molar-refractivity contribution in [3.05, 3.63) is 0 Å². The van der Waals surface area contributed by atoms with Gasteiger partial charge < -0.3 is 10.2 Å². The van der Waals surface area contributed by atoms with Crippen molar-refractivity contribution in [2.24, 2.45) is 0 Å². The first kappa shape index (κ1) is 10.7. The molecule has 1 unspecified atom stereocenters. The highest BCUT2D eigenvalue weighted by molar-refractivity contribution is 7.80. The van der Waals surface area contributed by atoms with Gasteiger partial charge in [-0.2, -0.15) is 12.6 Å². The molecule has 3 N–H and O–H groups in total. The second-order valence-corrected chi connectivity index (χ2v) is 2.83. The van der Waals surface area contributed by atoms with Crippen molar-refractivity contribution in [2.45, 2.75) is 31.4 Å². The first-order valence-corrected chi connectivity index (χ1v) is 3.92. The number of thiol groups is 1. The largest absolute Gasteiger partial charge is 0.481 e. The lowest BCUT2D eigenvalue weighted by Crippen LogP contribution is -2.35. The number of carboxylic acids is 1. The van der Waals surface area contributed by atoms with E-state index in [4.69, 9.17) is 10.2 Å². The molecular weight excluding hydrogens is 166 g/mol. The van der Waals surface area contributed by atoms with Crippen LogP contribution in [0, 0.1) is 0 Å². The molecule has 66 valence electrons. The minimum atomic E-state index is -0.930. The Labute approximate surface area is 71.0 Å². The van der Waals surface area contributed by atoms with Gasteiger partial charge in [0, 0.05) is 0 Å². The zero-order valence-corrected chi connectivity index (χ0v) is 7.21. The van der Waals surface area contributed by atoms with Crippen molar-refractivity contribution in [3.63, 3.8) is 0 Å². The number of carbonyl (C=O) groups is 1. The van der Waals surface area contributed by atoms with Crippen molar-refractivity contribution < 1.29 is 15.0 Å². The average molecular weight is 179 g/mol. The molecule has 0 radical (unpaired) electrons. The van der Waals surface area contributed by atoms with Crippen molar-refractivity contribution in [2.75, 3.05) is 0 Å². The molecule has 0 saturated carbocycles. The number of hydrogen-bond acceptors (Lipinski definition) is 4. The third-order valence-corrected chi connectivity index (χ3v) is 1.47. The smallest absolute Gasteiger partial charge is 0.305 e. The normalized spacial score (nSPS) is 15.9. The number of nitrogens with one attached hydrogen (secondary N) is 1. The lowest BCUT2D eigenvalue weighted by molar-refractivity contribution is -0.137. The number of aliphatic hydroxyl groups is 1. The standard InChI is InChI=1S/C6H13NO3S/c1-2-4(8)7-5(11)3-6(9)10/h4-5,7-8,11H,2-3H2,1H3,(H,9,10)/t4?,5-/m1/s1. The SMILES string of the molecule is CCC(O)N[C@H](S)CC(=O)O. The molecule has 5 heteroatoms. The topological polar surface area (TPSA) is 69.6 Å². The molecule has 0 rings (SSSR count). The molecule has 0 aliphatic rings. The Morgan fingerprint density at radius 3 is 2.64 bits per heavy atom. The Morgan fingerprint density at radius 1 is 1.73 bits per heavy atom. The Bertz CT molecular complexity index is 131. The van der Waals surface area contributed by atoms with Gasteiger partial charge >= 0.3 is 5.97 Å². The van der Waals surface area contributed by atoms with E-state index in [2.05, 4.69) is 17.9 Å². The second kappa shape index (κ2) is 5.40. The van der Waals surface area contributed by atoms with E-state index in [9.17, 15) is 4.79 Å². The van der Waals surface area contributed by atoms with Crippen molar-refractivity contribution in [1.29, 1.82) is 0 Å². The summed E-state index contributed by atoms with van der Waals surface area (Å²) in [4.78, 5) is 10.1. The van der Waals surface area contributed by atoms with Gasteiger partial charge in [0.05, 0.1) is 11.8 Å². The van der Waals surface area contributed by atoms with E-state index in [-0.39, 0.29) is 6.42 Å². The molecule has 0 amide bonds. The number of hydrogen-bond donors (Lipinski definition) is 4. The van der Waals surface area contributed by atoms with Gasteiger partial charge in [-0.3, -0.25) is 10.1 Å². The number of rotatable bonds is 5. The Balaban J connectivity index is 3.51. The van der Waals surface area contributed by atoms with Crippen LogP contribution in [0.3, 0.4) is 0 Å². The first-order chi connectivity index (χ1) is 5.06. The fourth-order valence-electron chi connectivity index (χ4n) is 0.564. The summed E-state index contributed by atoms with van der Waals surface area (Å²) in [5, 5.41) is 19.4. The van der Waals surface area contributed by atoms with Crippen LogP contribution < -0.4 is 5.32 Å². The van der Waals surface area contributed by atoms with E-state index in [1.54, 1.807) is 6.92 Å². The van der Waals surface area contributed by atoms with E-state index in [1.807, 2.05) is 0 Å². The predicted octanol–water partition coefficient (Wildman–Crippen LogP) is 0.0350. The number of carboxylic acid groups (broad SMARTS) is 1. The zero-order valence-electron chi connectivity index (χ0n) is 6.32. The van der Waals surface area contributed by atoms with Gasteiger partial charge in [-0.1, -0.05) is 6.92 Å². The molecule has 0 fully saturated rings. The van der Waals surface area contributed by atoms with E-state index in [0.29, 0.717) is 6.42 Å². The fourth-order valence-corrected chi connectivity index (χ4v) is 0.893. The van der Waals surface area contributed by atoms with E-state index in [0.717, 1.165) is 0 Å². The molecule has 11 heavy (non-hydrogen) atoms. The van der Waals surface area contributed by atoms with Crippen LogP contribution in [0.4, 0.5) is 0 Å². The quantitative estimate of drug-likeness (QED) is 0.355. The minimum Gasteiger partial charge on any atom is -0.481 e. The third-order valence-electron chi connectivity index (χ3n) is 1.14. The molecular formula is C6H13NO3S. The van der Waals surface area contributed by atoms with Crippen molar-refractivity contribution >= 4 is 18.6 Å². The zero-order chi connectivity index (χ0) is 8.85. The molecule has 0 aromatic heterocycles. The molecule has 0 bridgehead atoms. The van der Waals surface area contributed by atoms with Gasteiger partial charge in [-0.15, -0.1) is 0 Å². The van der Waals surface area contributed by atoms with Crippen molar-refractivity contribution in [1.82, 2.24) is 5.32 Å². The average Bonchev–Trinajstić information content (AvgIpc) is 1.85. The molecule has 0 saturated heterocycles. The van der Waals surface area contributed by atoms with Crippen LogP contribution in [0.15, 0.2) is 0 Å². The maximum atomic E-state index is 10.1. The highest BCUT2D eigenvalue weighted by Crippen LogP contribution is 1.99. The summed E-state index contributed by atoms with van der Waals surface area (Å²) in [6, 6.07) is 0. The Hall–Kier alpha value is -0.260. The van der Waals surface area contributed by atoms with E-state index < -0.39 is 17.6 Å². The molecule has 0 heterocycles.